The molecule has 0 aliphatic heterocycles. The second-order valence-electron chi connectivity index (χ2n) is 5.53. The van der Waals surface area contributed by atoms with Crippen LogP contribution in [0.3, 0.4) is 0 Å². The predicted molar refractivity (Wildman–Crippen MR) is 77.6 cm³/mol. The van der Waals surface area contributed by atoms with E-state index in [1.807, 2.05) is 14.0 Å². The van der Waals surface area contributed by atoms with Crippen LogP contribution in [0.25, 0.3) is 0 Å². The van der Waals surface area contributed by atoms with Crippen LogP contribution in [-0.2, 0) is 9.59 Å². The fourth-order valence-electron chi connectivity index (χ4n) is 1.92. The van der Waals surface area contributed by atoms with Crippen molar-refractivity contribution in [1.29, 1.82) is 0 Å². The van der Waals surface area contributed by atoms with Gasteiger partial charge in [-0.3, -0.25) is 9.59 Å². The van der Waals surface area contributed by atoms with Gasteiger partial charge in [0.15, 0.2) is 0 Å². The van der Waals surface area contributed by atoms with Gasteiger partial charge in [-0.05, 0) is 39.9 Å². The van der Waals surface area contributed by atoms with E-state index in [9.17, 15) is 9.59 Å². The first-order valence-corrected chi connectivity index (χ1v) is 7.02. The molecule has 19 heavy (non-hydrogen) atoms. The van der Waals surface area contributed by atoms with Crippen LogP contribution in [0.1, 0.15) is 39.0 Å². The molecule has 0 spiro atoms. The summed E-state index contributed by atoms with van der Waals surface area (Å²) in [6.45, 7) is 3.73. The van der Waals surface area contributed by atoms with Crippen LogP contribution in [0.2, 0.25) is 0 Å². The van der Waals surface area contributed by atoms with Gasteiger partial charge >= 0.3 is 0 Å². The van der Waals surface area contributed by atoms with E-state index in [1.54, 1.807) is 4.90 Å². The lowest BCUT2D eigenvalue weighted by Gasteiger charge is -2.21. The molecule has 2 amide bonds. The molecule has 0 aliphatic rings. The van der Waals surface area contributed by atoms with Crippen LogP contribution in [0, 0.1) is 5.92 Å². The van der Waals surface area contributed by atoms with Crippen molar-refractivity contribution in [3.05, 3.63) is 0 Å². The minimum Gasteiger partial charge on any atom is -0.370 e. The largest absolute Gasteiger partial charge is 0.370 e. The molecule has 0 heterocycles. The Morgan fingerprint density at radius 3 is 2.16 bits per heavy atom. The molecule has 112 valence electrons. The van der Waals surface area contributed by atoms with E-state index < -0.39 is 0 Å². The number of rotatable bonds is 10. The first-order valence-electron chi connectivity index (χ1n) is 7.02. The number of carbonyl (C=O) groups excluding carboxylic acids is 2. The maximum atomic E-state index is 12.0. The van der Waals surface area contributed by atoms with E-state index in [2.05, 4.69) is 19.0 Å². The van der Waals surface area contributed by atoms with Gasteiger partial charge in [-0.25, -0.2) is 0 Å². The van der Waals surface area contributed by atoms with Crippen molar-refractivity contribution < 1.29 is 9.59 Å². The Hall–Kier alpha value is -1.10. The zero-order valence-corrected chi connectivity index (χ0v) is 12.8. The Balaban J connectivity index is 3.77. The summed E-state index contributed by atoms with van der Waals surface area (Å²) >= 11 is 0. The smallest absolute Gasteiger partial charge is 0.225 e. The molecule has 5 heteroatoms. The minimum atomic E-state index is -0.342. The van der Waals surface area contributed by atoms with Gasteiger partial charge in [0, 0.05) is 25.9 Å². The second kappa shape index (κ2) is 9.78. The van der Waals surface area contributed by atoms with Crippen LogP contribution in [0.15, 0.2) is 0 Å². The highest BCUT2D eigenvalue weighted by molar-refractivity contribution is 5.79. The number of hydrogen-bond acceptors (Lipinski definition) is 3. The second-order valence-corrected chi connectivity index (χ2v) is 5.53. The highest BCUT2D eigenvalue weighted by Crippen LogP contribution is 2.09. The average molecular weight is 271 g/mol. The number of nitrogens with two attached hydrogens (primary N) is 1. The highest BCUT2D eigenvalue weighted by Gasteiger charge is 2.17. The SMILES string of the molecule is C[C@H](CCC(N)=O)C(=O)N(C)CCCCCN(C)C. The van der Waals surface area contributed by atoms with E-state index in [0.29, 0.717) is 6.42 Å². The molecule has 0 saturated carbocycles. The standard InChI is InChI=1S/C14H29N3O2/c1-12(8-9-13(15)18)14(19)17(4)11-7-5-6-10-16(2)3/h12H,5-11H2,1-4H3,(H2,15,18)/t12-/m1/s1. The predicted octanol–water partition coefficient (Wildman–Crippen LogP) is 1.08. The Bertz CT molecular complexity index is 280. The van der Waals surface area contributed by atoms with Crippen molar-refractivity contribution in [2.24, 2.45) is 11.7 Å². The molecule has 5 nitrogen and oxygen atoms in total. The van der Waals surface area contributed by atoms with E-state index in [4.69, 9.17) is 5.73 Å². The monoisotopic (exact) mass is 271 g/mol. The van der Waals surface area contributed by atoms with Gasteiger partial charge in [0.2, 0.25) is 11.8 Å². The third kappa shape index (κ3) is 9.47. The Labute approximate surface area is 117 Å². The third-order valence-corrected chi connectivity index (χ3v) is 3.22. The zero-order valence-electron chi connectivity index (χ0n) is 12.8. The van der Waals surface area contributed by atoms with Crippen LogP contribution in [0.4, 0.5) is 0 Å². The van der Waals surface area contributed by atoms with Crippen molar-refractivity contribution >= 4 is 11.8 Å². The Morgan fingerprint density at radius 2 is 1.63 bits per heavy atom. The molecule has 2 N–H and O–H groups in total. The number of amides is 2. The van der Waals surface area contributed by atoms with Gasteiger partial charge < -0.3 is 15.5 Å². The van der Waals surface area contributed by atoms with Crippen LogP contribution in [0.5, 0.6) is 0 Å². The van der Waals surface area contributed by atoms with Gasteiger partial charge in [-0.1, -0.05) is 13.3 Å². The number of nitrogens with zero attached hydrogens (tertiary/aromatic N) is 2. The van der Waals surface area contributed by atoms with Crippen molar-refractivity contribution in [2.75, 3.05) is 34.2 Å². The summed E-state index contributed by atoms with van der Waals surface area (Å²) < 4.78 is 0. The van der Waals surface area contributed by atoms with Crippen LogP contribution >= 0.6 is 0 Å². The summed E-state index contributed by atoms with van der Waals surface area (Å²) in [6.07, 6.45) is 4.14. The van der Waals surface area contributed by atoms with Crippen molar-refractivity contribution in [1.82, 2.24) is 9.80 Å². The lowest BCUT2D eigenvalue weighted by Crippen LogP contribution is -2.33. The van der Waals surface area contributed by atoms with E-state index in [1.165, 1.54) is 0 Å². The molecule has 0 unspecified atom stereocenters. The number of unbranched alkanes of at least 4 members (excludes halogenated alkanes) is 2. The molecule has 0 fully saturated rings. The van der Waals surface area contributed by atoms with Gasteiger partial charge in [-0.2, -0.15) is 0 Å². The summed E-state index contributed by atoms with van der Waals surface area (Å²) in [5.41, 5.74) is 5.09. The summed E-state index contributed by atoms with van der Waals surface area (Å²) in [5, 5.41) is 0. The minimum absolute atomic E-state index is 0.105. The lowest BCUT2D eigenvalue weighted by molar-refractivity contribution is -0.134. The molecule has 0 aromatic heterocycles. The fourth-order valence-corrected chi connectivity index (χ4v) is 1.92. The summed E-state index contributed by atoms with van der Waals surface area (Å²) in [5.74, 6) is -0.362. The van der Waals surface area contributed by atoms with Gasteiger partial charge in [0.1, 0.15) is 0 Å². The molecular weight excluding hydrogens is 242 g/mol. The highest BCUT2D eigenvalue weighted by atomic mass is 16.2. The molecule has 0 radical (unpaired) electrons. The Kier molecular flexibility index (Phi) is 9.21. The van der Waals surface area contributed by atoms with Gasteiger partial charge in [-0.15, -0.1) is 0 Å². The van der Waals surface area contributed by atoms with Gasteiger partial charge in [0.05, 0.1) is 0 Å². The van der Waals surface area contributed by atoms with Crippen LogP contribution < -0.4 is 5.73 Å². The van der Waals surface area contributed by atoms with Gasteiger partial charge in [0.25, 0.3) is 0 Å². The van der Waals surface area contributed by atoms with Crippen molar-refractivity contribution in [2.45, 2.75) is 39.0 Å². The molecule has 1 atom stereocenters. The van der Waals surface area contributed by atoms with Crippen molar-refractivity contribution in [3.63, 3.8) is 0 Å². The normalized spacial score (nSPS) is 12.5. The molecule has 0 rings (SSSR count). The van der Waals surface area contributed by atoms with Crippen molar-refractivity contribution in [3.8, 4) is 0 Å². The molecule has 0 aliphatic carbocycles. The molecule has 0 saturated heterocycles. The quantitative estimate of drug-likeness (QED) is 0.605. The van der Waals surface area contributed by atoms with E-state index >= 15 is 0 Å². The summed E-state index contributed by atoms with van der Waals surface area (Å²) in [4.78, 5) is 26.6. The number of primary amides is 1. The molecule has 0 bridgehead atoms. The molecule has 0 aromatic rings. The topological polar surface area (TPSA) is 66.6 Å². The number of carbonyl (C=O) groups is 2. The third-order valence-electron chi connectivity index (χ3n) is 3.22. The van der Waals surface area contributed by atoms with Crippen LogP contribution in [-0.4, -0.2) is 55.8 Å². The summed E-state index contributed by atoms with van der Waals surface area (Å²) in [7, 11) is 5.96. The maximum Gasteiger partial charge on any atom is 0.225 e. The molecule has 0 aromatic carbocycles. The summed E-state index contributed by atoms with van der Waals surface area (Å²) in [6, 6.07) is 0. The molecular formula is C14H29N3O2. The van der Waals surface area contributed by atoms with E-state index in [-0.39, 0.29) is 24.2 Å². The zero-order chi connectivity index (χ0) is 14.8. The maximum absolute atomic E-state index is 12.0. The fraction of sp³-hybridized carbons (Fsp3) is 0.857. The first kappa shape index (κ1) is 17.9. The Morgan fingerprint density at radius 1 is 1.05 bits per heavy atom. The number of hydrogen-bond donors (Lipinski definition) is 1. The first-order chi connectivity index (χ1) is 8.84. The lowest BCUT2D eigenvalue weighted by atomic mass is 10.0. The average Bonchev–Trinajstić information content (AvgIpc) is 2.33. The van der Waals surface area contributed by atoms with E-state index in [0.717, 1.165) is 32.4 Å².